The van der Waals surface area contributed by atoms with E-state index in [-0.39, 0.29) is 5.91 Å². The first-order valence-corrected chi connectivity index (χ1v) is 8.52. The number of carbonyl (C=O) groups is 1. The molecule has 2 aliphatic rings. The van der Waals surface area contributed by atoms with Crippen LogP contribution in [0, 0.1) is 5.92 Å². The molecule has 6 nitrogen and oxygen atoms in total. The van der Waals surface area contributed by atoms with Gasteiger partial charge in [-0.3, -0.25) is 4.79 Å². The molecule has 3 rings (SSSR count). The molecule has 1 saturated heterocycles. The Morgan fingerprint density at radius 3 is 2.77 bits per heavy atom. The van der Waals surface area contributed by atoms with Crippen molar-refractivity contribution in [1.29, 1.82) is 0 Å². The van der Waals surface area contributed by atoms with Crippen molar-refractivity contribution in [1.82, 2.24) is 20.0 Å². The second-order valence-electron chi connectivity index (χ2n) is 6.45. The second-order valence-corrected chi connectivity index (χ2v) is 6.45. The third kappa shape index (κ3) is 4.08. The van der Waals surface area contributed by atoms with Crippen molar-refractivity contribution in [2.75, 3.05) is 38.0 Å². The zero-order valence-corrected chi connectivity index (χ0v) is 13.4. The summed E-state index contributed by atoms with van der Waals surface area (Å²) in [7, 11) is 0. The molecule has 0 aromatic carbocycles. The van der Waals surface area contributed by atoms with E-state index in [2.05, 4.69) is 27.6 Å². The maximum Gasteiger partial charge on any atom is 0.239 e. The van der Waals surface area contributed by atoms with Crippen LogP contribution in [0.2, 0.25) is 0 Å². The second kappa shape index (κ2) is 7.24. The number of hydrogen-bond acceptors (Lipinski definition) is 4. The first kappa shape index (κ1) is 15.5. The molecule has 0 atom stereocenters. The van der Waals surface area contributed by atoms with Crippen molar-refractivity contribution >= 4 is 11.7 Å². The minimum Gasteiger partial charge on any atom is -0.310 e. The molecule has 0 radical (unpaired) electrons. The lowest BCUT2D eigenvalue weighted by molar-refractivity contribution is -0.115. The average Bonchev–Trinajstić information content (AvgIpc) is 3.25. The zero-order chi connectivity index (χ0) is 15.4. The van der Waals surface area contributed by atoms with Crippen LogP contribution in [0.5, 0.6) is 0 Å². The third-order valence-corrected chi connectivity index (χ3v) is 4.70. The first-order chi connectivity index (χ1) is 10.8. The minimum absolute atomic E-state index is 0.0217. The summed E-state index contributed by atoms with van der Waals surface area (Å²) >= 11 is 0. The van der Waals surface area contributed by atoms with Crippen LogP contribution < -0.4 is 10.6 Å². The van der Waals surface area contributed by atoms with Gasteiger partial charge >= 0.3 is 0 Å². The molecule has 1 aromatic rings. The van der Waals surface area contributed by atoms with E-state index in [0.29, 0.717) is 12.6 Å². The van der Waals surface area contributed by atoms with Gasteiger partial charge in [0.15, 0.2) is 0 Å². The number of hydrogen-bond donors (Lipinski definition) is 2. The molecule has 1 amide bonds. The van der Waals surface area contributed by atoms with Crippen LogP contribution >= 0.6 is 0 Å². The van der Waals surface area contributed by atoms with Crippen molar-refractivity contribution in [3.63, 3.8) is 0 Å². The van der Waals surface area contributed by atoms with E-state index in [4.69, 9.17) is 0 Å². The van der Waals surface area contributed by atoms with Gasteiger partial charge in [-0.05, 0) is 44.7 Å². The highest BCUT2D eigenvalue weighted by molar-refractivity contribution is 5.91. The van der Waals surface area contributed by atoms with Gasteiger partial charge in [0.25, 0.3) is 0 Å². The van der Waals surface area contributed by atoms with Crippen molar-refractivity contribution in [3.05, 3.63) is 12.3 Å². The SMILES string of the molecule is CCN1CCC(n2nccc2NC(=O)CNCC2CC2)CC1. The maximum absolute atomic E-state index is 12.0. The van der Waals surface area contributed by atoms with Gasteiger partial charge in [0, 0.05) is 19.2 Å². The lowest BCUT2D eigenvalue weighted by Gasteiger charge is -2.31. The molecular formula is C16H27N5O. The van der Waals surface area contributed by atoms with E-state index in [1.54, 1.807) is 6.20 Å². The molecule has 1 aliphatic heterocycles. The molecular weight excluding hydrogens is 278 g/mol. The lowest BCUT2D eigenvalue weighted by Crippen LogP contribution is -2.35. The van der Waals surface area contributed by atoms with Crippen LogP contribution in [0.15, 0.2) is 12.3 Å². The highest BCUT2D eigenvalue weighted by Crippen LogP contribution is 2.27. The summed E-state index contributed by atoms with van der Waals surface area (Å²) < 4.78 is 1.99. The number of aromatic nitrogens is 2. The van der Waals surface area contributed by atoms with Crippen LogP contribution in [-0.2, 0) is 4.79 Å². The monoisotopic (exact) mass is 305 g/mol. The topological polar surface area (TPSA) is 62.2 Å². The summed E-state index contributed by atoms with van der Waals surface area (Å²) in [6.07, 6.45) is 6.58. The average molecular weight is 305 g/mol. The summed E-state index contributed by atoms with van der Waals surface area (Å²) in [4.78, 5) is 14.5. The van der Waals surface area contributed by atoms with Crippen LogP contribution in [0.4, 0.5) is 5.82 Å². The molecule has 1 saturated carbocycles. The van der Waals surface area contributed by atoms with Crippen LogP contribution in [0.25, 0.3) is 0 Å². The number of amides is 1. The third-order valence-electron chi connectivity index (χ3n) is 4.70. The van der Waals surface area contributed by atoms with Crippen molar-refractivity contribution in [2.24, 2.45) is 5.92 Å². The highest BCUT2D eigenvalue weighted by Gasteiger charge is 2.23. The van der Waals surface area contributed by atoms with Gasteiger partial charge in [-0.2, -0.15) is 5.10 Å². The number of piperidine rings is 1. The Balaban J connectivity index is 1.49. The highest BCUT2D eigenvalue weighted by atomic mass is 16.2. The predicted octanol–water partition coefficient (Wildman–Crippen LogP) is 1.48. The Hall–Kier alpha value is -1.40. The molecule has 22 heavy (non-hydrogen) atoms. The Morgan fingerprint density at radius 1 is 1.32 bits per heavy atom. The summed E-state index contributed by atoms with van der Waals surface area (Å²) in [5.74, 6) is 1.64. The van der Waals surface area contributed by atoms with E-state index in [1.807, 2.05) is 10.7 Å². The van der Waals surface area contributed by atoms with Gasteiger partial charge in [-0.15, -0.1) is 0 Å². The van der Waals surface area contributed by atoms with E-state index < -0.39 is 0 Å². The first-order valence-electron chi connectivity index (χ1n) is 8.52. The summed E-state index contributed by atoms with van der Waals surface area (Å²) in [6, 6.07) is 2.29. The van der Waals surface area contributed by atoms with E-state index in [9.17, 15) is 4.79 Å². The summed E-state index contributed by atoms with van der Waals surface area (Å²) in [5.41, 5.74) is 0. The van der Waals surface area contributed by atoms with Gasteiger partial charge in [-0.1, -0.05) is 6.92 Å². The van der Waals surface area contributed by atoms with Crippen molar-refractivity contribution < 1.29 is 4.79 Å². The van der Waals surface area contributed by atoms with Gasteiger partial charge < -0.3 is 15.5 Å². The van der Waals surface area contributed by atoms with E-state index in [0.717, 1.165) is 50.8 Å². The number of carbonyl (C=O) groups excluding carboxylic acids is 1. The standard InChI is InChI=1S/C16H27N5O/c1-2-20-9-6-14(7-10-20)21-15(5-8-18-21)19-16(22)12-17-11-13-3-4-13/h5,8,13-14,17H,2-4,6-7,9-12H2,1H3,(H,19,22). The van der Waals surface area contributed by atoms with E-state index in [1.165, 1.54) is 12.8 Å². The Labute approximate surface area is 132 Å². The molecule has 122 valence electrons. The number of likely N-dealkylation sites (tertiary alicyclic amines) is 1. The van der Waals surface area contributed by atoms with Crippen LogP contribution in [0.1, 0.15) is 38.6 Å². The fraction of sp³-hybridized carbons (Fsp3) is 0.750. The Kier molecular flexibility index (Phi) is 5.10. The van der Waals surface area contributed by atoms with Gasteiger partial charge in [0.05, 0.1) is 18.8 Å². The summed E-state index contributed by atoms with van der Waals surface area (Å²) in [6.45, 7) is 6.88. The molecule has 0 unspecified atom stereocenters. The number of nitrogens with one attached hydrogen (secondary N) is 2. The molecule has 0 bridgehead atoms. The Morgan fingerprint density at radius 2 is 2.09 bits per heavy atom. The van der Waals surface area contributed by atoms with Gasteiger partial charge in [0.1, 0.15) is 5.82 Å². The smallest absolute Gasteiger partial charge is 0.239 e. The molecule has 2 heterocycles. The molecule has 1 aliphatic carbocycles. The Bertz CT molecular complexity index is 488. The number of anilines is 1. The predicted molar refractivity (Wildman–Crippen MR) is 86.8 cm³/mol. The van der Waals surface area contributed by atoms with Crippen LogP contribution in [0.3, 0.4) is 0 Å². The quantitative estimate of drug-likeness (QED) is 0.801. The van der Waals surface area contributed by atoms with Crippen molar-refractivity contribution in [3.8, 4) is 0 Å². The van der Waals surface area contributed by atoms with Crippen LogP contribution in [-0.4, -0.2) is 53.3 Å². The largest absolute Gasteiger partial charge is 0.310 e. The normalized spacial score (nSPS) is 20.2. The fourth-order valence-corrected chi connectivity index (χ4v) is 3.08. The summed E-state index contributed by atoms with van der Waals surface area (Å²) in [5, 5.41) is 10.6. The molecule has 0 spiro atoms. The van der Waals surface area contributed by atoms with E-state index >= 15 is 0 Å². The molecule has 2 N–H and O–H groups in total. The maximum atomic E-state index is 12.0. The lowest BCUT2D eigenvalue weighted by atomic mass is 10.1. The zero-order valence-electron chi connectivity index (χ0n) is 13.4. The minimum atomic E-state index is 0.0217. The fourth-order valence-electron chi connectivity index (χ4n) is 3.08. The van der Waals surface area contributed by atoms with Crippen molar-refractivity contribution in [2.45, 2.75) is 38.6 Å². The molecule has 6 heteroatoms. The number of rotatable bonds is 7. The van der Waals surface area contributed by atoms with Gasteiger partial charge in [-0.25, -0.2) is 4.68 Å². The molecule has 2 fully saturated rings. The molecule has 1 aromatic heterocycles. The van der Waals surface area contributed by atoms with Gasteiger partial charge in [0.2, 0.25) is 5.91 Å². The number of nitrogens with zero attached hydrogens (tertiary/aromatic N) is 3.